The SMILES string of the molecule is COc1cc([C@@H]2c3sc(=O)[nH]c3S[C@@H]3[C@H]4CC[C@@H](C4)[C@H]23)cc(OC)c1O. The van der Waals surface area contributed by atoms with Gasteiger partial charge in [0.15, 0.2) is 11.5 Å². The Morgan fingerprint density at radius 1 is 1.15 bits per heavy atom. The summed E-state index contributed by atoms with van der Waals surface area (Å²) in [6, 6.07) is 3.82. The highest BCUT2D eigenvalue weighted by Crippen LogP contribution is 2.64. The van der Waals surface area contributed by atoms with Crippen LogP contribution in [0.4, 0.5) is 0 Å². The van der Waals surface area contributed by atoms with Gasteiger partial charge >= 0.3 is 4.87 Å². The third-order valence-electron chi connectivity index (χ3n) is 6.33. The highest BCUT2D eigenvalue weighted by molar-refractivity contribution is 8.00. The number of aromatic amines is 1. The van der Waals surface area contributed by atoms with Gasteiger partial charge in [0.25, 0.3) is 0 Å². The lowest BCUT2D eigenvalue weighted by atomic mass is 9.75. The number of phenolic OH excluding ortho intramolecular Hbond substituents is 1. The number of benzene rings is 1. The molecule has 5 rings (SSSR count). The van der Waals surface area contributed by atoms with Crippen molar-refractivity contribution in [3.05, 3.63) is 32.2 Å². The van der Waals surface area contributed by atoms with Crippen LogP contribution in [0.15, 0.2) is 22.0 Å². The van der Waals surface area contributed by atoms with Crippen LogP contribution < -0.4 is 14.3 Å². The summed E-state index contributed by atoms with van der Waals surface area (Å²) in [6.07, 6.45) is 3.88. The zero-order chi connectivity index (χ0) is 18.0. The van der Waals surface area contributed by atoms with Gasteiger partial charge in [-0.2, -0.15) is 0 Å². The van der Waals surface area contributed by atoms with Gasteiger partial charge in [0.05, 0.1) is 19.2 Å². The molecule has 0 saturated heterocycles. The van der Waals surface area contributed by atoms with Crippen LogP contribution in [0.25, 0.3) is 0 Å². The first-order valence-electron chi connectivity index (χ1n) is 8.95. The van der Waals surface area contributed by atoms with E-state index < -0.39 is 0 Å². The molecule has 2 fully saturated rings. The maximum absolute atomic E-state index is 12.1. The molecule has 1 aromatic carbocycles. The van der Waals surface area contributed by atoms with E-state index in [1.54, 1.807) is 14.2 Å². The fourth-order valence-corrected chi connectivity index (χ4v) is 8.21. The number of rotatable bonds is 3. The second kappa shape index (κ2) is 5.96. The van der Waals surface area contributed by atoms with Crippen molar-refractivity contribution in [2.45, 2.75) is 35.5 Å². The lowest BCUT2D eigenvalue weighted by Gasteiger charge is -2.40. The third kappa shape index (κ3) is 2.26. The van der Waals surface area contributed by atoms with Crippen LogP contribution in [0.2, 0.25) is 0 Å². The highest BCUT2D eigenvalue weighted by Gasteiger charge is 2.54. The molecule has 2 N–H and O–H groups in total. The van der Waals surface area contributed by atoms with Crippen LogP contribution in [-0.2, 0) is 0 Å². The molecule has 0 amide bonds. The fraction of sp³-hybridized carbons (Fsp3) is 0.526. The molecule has 2 bridgehead atoms. The minimum Gasteiger partial charge on any atom is -0.502 e. The maximum Gasteiger partial charge on any atom is 0.305 e. The molecule has 0 radical (unpaired) electrons. The lowest BCUT2D eigenvalue weighted by Crippen LogP contribution is -2.33. The van der Waals surface area contributed by atoms with Crippen molar-refractivity contribution in [2.75, 3.05) is 14.2 Å². The van der Waals surface area contributed by atoms with E-state index in [2.05, 4.69) is 4.98 Å². The predicted molar refractivity (Wildman–Crippen MR) is 102 cm³/mol. The highest BCUT2D eigenvalue weighted by atomic mass is 32.2. The molecule has 1 aromatic heterocycles. The van der Waals surface area contributed by atoms with Crippen LogP contribution in [0.3, 0.4) is 0 Å². The minimum absolute atomic E-state index is 0.0116. The van der Waals surface area contributed by atoms with E-state index in [0.717, 1.165) is 21.4 Å². The first-order chi connectivity index (χ1) is 12.6. The number of thioether (sulfide) groups is 1. The van der Waals surface area contributed by atoms with Crippen LogP contribution in [0.5, 0.6) is 17.2 Å². The van der Waals surface area contributed by atoms with Crippen molar-refractivity contribution in [2.24, 2.45) is 17.8 Å². The summed E-state index contributed by atoms with van der Waals surface area (Å²) in [6.45, 7) is 0. The fourth-order valence-electron chi connectivity index (χ4n) is 5.32. The second-order valence-electron chi connectivity index (χ2n) is 7.45. The van der Waals surface area contributed by atoms with Gasteiger partial charge < -0.3 is 19.6 Å². The van der Waals surface area contributed by atoms with Crippen LogP contribution in [0, 0.1) is 17.8 Å². The molecular formula is C19H21NO4S2. The van der Waals surface area contributed by atoms with Crippen LogP contribution in [0.1, 0.15) is 35.6 Å². The van der Waals surface area contributed by atoms with E-state index in [9.17, 15) is 9.90 Å². The van der Waals surface area contributed by atoms with E-state index in [-0.39, 0.29) is 16.5 Å². The molecule has 5 atom stereocenters. The van der Waals surface area contributed by atoms with Gasteiger partial charge in [-0.1, -0.05) is 11.3 Å². The number of aromatic hydroxyl groups is 1. The molecule has 2 aliphatic carbocycles. The zero-order valence-corrected chi connectivity index (χ0v) is 16.3. The Bertz CT molecular complexity index is 895. The number of H-pyrrole nitrogens is 1. The predicted octanol–water partition coefficient (Wildman–Crippen LogP) is 3.81. The number of fused-ring (bicyclic) bond motifs is 6. The number of hydrogen-bond acceptors (Lipinski definition) is 6. The van der Waals surface area contributed by atoms with Crippen LogP contribution in [-0.4, -0.2) is 29.6 Å². The van der Waals surface area contributed by atoms with Crippen molar-refractivity contribution < 1.29 is 14.6 Å². The van der Waals surface area contributed by atoms with Crippen molar-refractivity contribution in [3.8, 4) is 17.2 Å². The number of hydrogen-bond donors (Lipinski definition) is 2. The summed E-state index contributed by atoms with van der Waals surface area (Å²) in [4.78, 5) is 16.3. The van der Waals surface area contributed by atoms with E-state index in [1.165, 1.54) is 30.6 Å². The normalized spacial score (nSPS) is 31.5. The van der Waals surface area contributed by atoms with E-state index in [0.29, 0.717) is 28.6 Å². The van der Waals surface area contributed by atoms with Gasteiger partial charge in [0.2, 0.25) is 5.75 Å². The van der Waals surface area contributed by atoms with Crippen molar-refractivity contribution in [1.82, 2.24) is 4.98 Å². The Kier molecular flexibility index (Phi) is 3.79. The monoisotopic (exact) mass is 391 g/mol. The third-order valence-corrected chi connectivity index (χ3v) is 8.95. The van der Waals surface area contributed by atoms with E-state index >= 15 is 0 Å². The average molecular weight is 392 g/mol. The van der Waals surface area contributed by atoms with E-state index in [4.69, 9.17) is 9.47 Å². The standard InChI is InChI=1S/C19H21NO4S2/c1-23-11-6-10(7-12(24-2)15(11)21)14-13-8-3-4-9(5-8)16(13)25-18-17(14)26-19(22)20-18/h6-9,13-14,16,21H,3-5H2,1-2H3,(H,20,22)/t8-,9-,13+,14-,16+/m0/s1. The largest absolute Gasteiger partial charge is 0.502 e. The summed E-state index contributed by atoms with van der Waals surface area (Å²) in [5.74, 6) is 2.99. The molecule has 3 aliphatic rings. The Morgan fingerprint density at radius 3 is 2.54 bits per heavy atom. The number of thiazole rings is 1. The molecular weight excluding hydrogens is 370 g/mol. The first kappa shape index (κ1) is 16.6. The molecule has 0 spiro atoms. The topological polar surface area (TPSA) is 71.6 Å². The average Bonchev–Trinajstić information content (AvgIpc) is 3.33. The maximum atomic E-state index is 12.1. The molecule has 2 heterocycles. The molecule has 138 valence electrons. The van der Waals surface area contributed by atoms with Crippen molar-refractivity contribution in [3.63, 3.8) is 0 Å². The molecule has 7 heteroatoms. The summed E-state index contributed by atoms with van der Waals surface area (Å²) >= 11 is 3.20. The van der Waals surface area contributed by atoms with E-state index in [1.807, 2.05) is 23.9 Å². The Morgan fingerprint density at radius 2 is 1.85 bits per heavy atom. The van der Waals surface area contributed by atoms with Gasteiger partial charge in [-0.05, 0) is 54.7 Å². The molecule has 5 nitrogen and oxygen atoms in total. The molecule has 26 heavy (non-hydrogen) atoms. The summed E-state index contributed by atoms with van der Waals surface area (Å²) in [5, 5.41) is 11.9. The second-order valence-corrected chi connectivity index (χ2v) is 9.66. The number of nitrogens with one attached hydrogen (secondary N) is 1. The van der Waals surface area contributed by atoms with Gasteiger partial charge in [-0.3, -0.25) is 4.79 Å². The molecule has 2 aromatic rings. The van der Waals surface area contributed by atoms with Gasteiger partial charge in [0.1, 0.15) is 0 Å². The van der Waals surface area contributed by atoms with Crippen molar-refractivity contribution in [1.29, 1.82) is 0 Å². The number of methoxy groups -OCH3 is 2. The Balaban J connectivity index is 1.70. The van der Waals surface area contributed by atoms with Gasteiger partial charge in [-0.15, -0.1) is 11.8 Å². The zero-order valence-electron chi connectivity index (χ0n) is 14.7. The summed E-state index contributed by atoms with van der Waals surface area (Å²) in [7, 11) is 3.10. The quantitative estimate of drug-likeness (QED) is 0.832. The lowest BCUT2D eigenvalue weighted by molar-refractivity contribution is 0.304. The number of aromatic nitrogens is 1. The first-order valence-corrected chi connectivity index (χ1v) is 10.6. The summed E-state index contributed by atoms with van der Waals surface area (Å²) in [5.41, 5.74) is 1.07. The summed E-state index contributed by atoms with van der Waals surface area (Å²) < 4.78 is 10.8. The smallest absolute Gasteiger partial charge is 0.305 e. The Hall–Kier alpha value is -1.60. The van der Waals surface area contributed by atoms with Crippen molar-refractivity contribution >= 4 is 23.1 Å². The number of ether oxygens (including phenoxy) is 2. The minimum atomic E-state index is 0.0116. The van der Waals surface area contributed by atoms with Crippen LogP contribution >= 0.6 is 23.1 Å². The van der Waals surface area contributed by atoms with Gasteiger partial charge in [0, 0.05) is 16.0 Å². The molecule has 0 unspecified atom stereocenters. The molecule has 1 aliphatic heterocycles. The van der Waals surface area contributed by atoms with Gasteiger partial charge in [-0.25, -0.2) is 0 Å². The Labute approximate surface area is 159 Å². The molecule has 2 saturated carbocycles. The number of phenols is 1.